The highest BCUT2D eigenvalue weighted by Crippen LogP contribution is 2.43. The Labute approximate surface area is 172 Å². The van der Waals surface area contributed by atoms with Crippen molar-refractivity contribution in [3.8, 4) is 0 Å². The summed E-state index contributed by atoms with van der Waals surface area (Å²) in [4.78, 5) is 11.1. The Balaban J connectivity index is 1.91. The highest BCUT2D eigenvalue weighted by Gasteiger charge is 2.31. The average molecular weight is 392 g/mol. The van der Waals surface area contributed by atoms with E-state index in [1.54, 1.807) is 24.3 Å². The number of carbonyl (C=O) groups is 1. The second kappa shape index (κ2) is 8.24. The molecule has 0 aromatic heterocycles. The van der Waals surface area contributed by atoms with Crippen LogP contribution < -0.4 is 0 Å². The molecular weight excluding hydrogens is 362 g/mol. The lowest BCUT2D eigenvalue weighted by Crippen LogP contribution is -2.26. The number of oxime groups is 1. The fraction of sp³-hybridized carbons (Fsp3) is 0.360. The van der Waals surface area contributed by atoms with Gasteiger partial charge in [-0.3, -0.25) is 0 Å². The highest BCUT2D eigenvalue weighted by atomic mass is 16.4. The van der Waals surface area contributed by atoms with Crippen LogP contribution in [0.3, 0.4) is 0 Å². The molecule has 0 bridgehead atoms. The fourth-order valence-corrected chi connectivity index (χ4v) is 4.14. The van der Waals surface area contributed by atoms with Crippen molar-refractivity contribution in [2.75, 3.05) is 0 Å². The molecule has 0 radical (unpaired) electrons. The molecule has 0 heterocycles. The molecule has 2 aliphatic carbocycles. The maximum absolute atomic E-state index is 11.1. The van der Waals surface area contributed by atoms with Crippen LogP contribution in [0.25, 0.3) is 0 Å². The second-order valence-corrected chi connectivity index (χ2v) is 8.63. The van der Waals surface area contributed by atoms with Crippen molar-refractivity contribution in [2.45, 2.75) is 58.3 Å². The van der Waals surface area contributed by atoms with E-state index in [2.05, 4.69) is 45.0 Å². The minimum Gasteiger partial charge on any atom is -0.478 e. The summed E-state index contributed by atoms with van der Waals surface area (Å²) >= 11 is 0. The van der Waals surface area contributed by atoms with Crippen LogP contribution >= 0.6 is 0 Å². The van der Waals surface area contributed by atoms with Crippen molar-refractivity contribution in [2.24, 2.45) is 5.16 Å². The number of hydrogen-bond acceptors (Lipinski definition) is 3. The quantitative estimate of drug-likeness (QED) is 0.387. The molecule has 0 saturated carbocycles. The van der Waals surface area contributed by atoms with E-state index in [0.29, 0.717) is 18.1 Å². The number of aliphatic carboxylic acids is 1. The van der Waals surface area contributed by atoms with Gasteiger partial charge < -0.3 is 10.3 Å². The smallest absolute Gasteiger partial charge is 0.335 e. The molecule has 1 aromatic carbocycles. The van der Waals surface area contributed by atoms with E-state index in [1.807, 2.05) is 12.2 Å². The van der Waals surface area contributed by atoms with E-state index in [1.165, 1.54) is 17.5 Å². The Bertz CT molecular complexity index is 974. The van der Waals surface area contributed by atoms with Gasteiger partial charge in [-0.05, 0) is 78.0 Å². The zero-order chi connectivity index (χ0) is 21.2. The zero-order valence-electron chi connectivity index (χ0n) is 17.6. The third-order valence-electron chi connectivity index (χ3n) is 6.07. The molecule has 0 aliphatic heterocycles. The van der Waals surface area contributed by atoms with Gasteiger partial charge in [-0.2, -0.15) is 0 Å². The first kappa shape index (κ1) is 20.8. The molecule has 152 valence electrons. The first-order valence-electron chi connectivity index (χ1n) is 10.1. The normalized spacial score (nSPS) is 21.4. The maximum Gasteiger partial charge on any atom is 0.335 e. The predicted octanol–water partition coefficient (Wildman–Crippen LogP) is 5.80. The Hall–Kier alpha value is -2.88. The maximum atomic E-state index is 11.1. The summed E-state index contributed by atoms with van der Waals surface area (Å²) in [5.41, 5.74) is 6.55. The van der Waals surface area contributed by atoms with Crippen LogP contribution in [0.15, 0.2) is 64.9 Å². The van der Waals surface area contributed by atoms with Crippen LogP contribution in [0.4, 0.5) is 0 Å². The minimum atomic E-state index is -0.931. The second-order valence-electron chi connectivity index (χ2n) is 8.63. The Kier molecular flexibility index (Phi) is 5.92. The number of benzene rings is 1. The summed E-state index contributed by atoms with van der Waals surface area (Å²) in [6.45, 7) is 8.90. The van der Waals surface area contributed by atoms with E-state index in [-0.39, 0.29) is 11.0 Å². The molecule has 0 fully saturated rings. The summed E-state index contributed by atoms with van der Waals surface area (Å²) in [7, 11) is 0. The topological polar surface area (TPSA) is 69.9 Å². The molecular formula is C25H29NO3. The van der Waals surface area contributed by atoms with Crippen molar-refractivity contribution in [3.63, 3.8) is 0 Å². The van der Waals surface area contributed by atoms with E-state index in [0.717, 1.165) is 23.1 Å². The number of rotatable bonds is 4. The number of carboxylic acid groups (broad SMARTS) is 1. The third-order valence-corrected chi connectivity index (χ3v) is 6.07. The molecule has 2 aliphatic rings. The van der Waals surface area contributed by atoms with Crippen LogP contribution in [0.2, 0.25) is 0 Å². The number of hydrogen-bond donors (Lipinski definition) is 2. The number of aryl methyl sites for hydroxylation is 1. The number of allylic oxidation sites excluding steroid dienone is 6. The van der Waals surface area contributed by atoms with Gasteiger partial charge in [0.15, 0.2) is 0 Å². The first-order valence-corrected chi connectivity index (χ1v) is 10.1. The van der Waals surface area contributed by atoms with Gasteiger partial charge in [0, 0.05) is 5.56 Å². The molecule has 1 aromatic rings. The van der Waals surface area contributed by atoms with Crippen molar-refractivity contribution < 1.29 is 15.1 Å². The summed E-state index contributed by atoms with van der Waals surface area (Å²) in [5.74, 6) is -0.450. The van der Waals surface area contributed by atoms with Gasteiger partial charge >= 0.3 is 5.97 Å². The molecule has 0 amide bonds. The lowest BCUT2D eigenvalue weighted by atomic mass is 9.68. The van der Waals surface area contributed by atoms with Gasteiger partial charge in [0.1, 0.15) is 5.71 Å². The lowest BCUT2D eigenvalue weighted by molar-refractivity contribution is -0.132. The number of fused-ring (bicyclic) bond motifs is 1. The van der Waals surface area contributed by atoms with Crippen LogP contribution in [-0.4, -0.2) is 22.0 Å². The van der Waals surface area contributed by atoms with Gasteiger partial charge in [0.25, 0.3) is 0 Å². The van der Waals surface area contributed by atoms with Crippen molar-refractivity contribution in [3.05, 3.63) is 82.0 Å². The summed E-state index contributed by atoms with van der Waals surface area (Å²) in [6, 6.07) is 4.42. The SMILES string of the molecule is Cc1cc2c(cc1C(/C=C/C1=CCC=C(C(=O)O)C=C1)=N\O)C(C)CCC2(C)C. The largest absolute Gasteiger partial charge is 0.478 e. The molecule has 4 heteroatoms. The molecule has 0 saturated heterocycles. The van der Waals surface area contributed by atoms with E-state index < -0.39 is 5.97 Å². The van der Waals surface area contributed by atoms with E-state index in [9.17, 15) is 10.0 Å². The third kappa shape index (κ3) is 4.42. The average Bonchev–Trinajstić information content (AvgIpc) is 2.92. The van der Waals surface area contributed by atoms with Gasteiger partial charge in [-0.15, -0.1) is 0 Å². The summed E-state index contributed by atoms with van der Waals surface area (Å²) < 4.78 is 0. The number of carboxylic acids is 1. The van der Waals surface area contributed by atoms with Gasteiger partial charge in [-0.25, -0.2) is 4.79 Å². The van der Waals surface area contributed by atoms with Crippen LogP contribution in [-0.2, 0) is 10.2 Å². The van der Waals surface area contributed by atoms with E-state index >= 15 is 0 Å². The molecule has 0 spiro atoms. The first-order chi connectivity index (χ1) is 13.7. The van der Waals surface area contributed by atoms with Gasteiger partial charge in [0.2, 0.25) is 0 Å². The molecule has 2 N–H and O–H groups in total. The van der Waals surface area contributed by atoms with E-state index in [4.69, 9.17) is 5.11 Å². The molecule has 3 rings (SSSR count). The Morgan fingerprint density at radius 2 is 2.00 bits per heavy atom. The highest BCUT2D eigenvalue weighted by molar-refractivity contribution is 6.09. The monoisotopic (exact) mass is 391 g/mol. The van der Waals surface area contributed by atoms with Crippen molar-refractivity contribution >= 4 is 11.7 Å². The molecule has 1 unspecified atom stereocenters. The number of nitrogens with zero attached hydrogens (tertiary/aromatic N) is 1. The lowest BCUT2D eigenvalue weighted by Gasteiger charge is -2.36. The Morgan fingerprint density at radius 3 is 2.69 bits per heavy atom. The van der Waals surface area contributed by atoms with Crippen molar-refractivity contribution in [1.29, 1.82) is 0 Å². The minimum absolute atomic E-state index is 0.155. The van der Waals surface area contributed by atoms with Crippen LogP contribution in [0.1, 0.15) is 68.2 Å². The molecule has 29 heavy (non-hydrogen) atoms. The molecule has 1 atom stereocenters. The standard InChI is InChI=1S/C25H29NO3/c1-16-12-13-25(3,4)22-14-17(2)21(15-20(16)22)23(26-29)11-9-18-6-5-7-19(10-8-18)24(27)28/h6-11,14-16,29H,5,12-13H2,1-4H3,(H,27,28)/b11-9+,26-23-. The van der Waals surface area contributed by atoms with Gasteiger partial charge in [0.05, 0.1) is 5.57 Å². The summed E-state index contributed by atoms with van der Waals surface area (Å²) in [5, 5.41) is 22.4. The molecule has 4 nitrogen and oxygen atoms in total. The van der Waals surface area contributed by atoms with Gasteiger partial charge in [-0.1, -0.05) is 56.3 Å². The van der Waals surface area contributed by atoms with Crippen LogP contribution in [0.5, 0.6) is 0 Å². The van der Waals surface area contributed by atoms with Crippen molar-refractivity contribution in [1.82, 2.24) is 0 Å². The van der Waals surface area contributed by atoms with Crippen LogP contribution in [0, 0.1) is 6.92 Å². The zero-order valence-corrected chi connectivity index (χ0v) is 17.6. The fourth-order valence-electron chi connectivity index (χ4n) is 4.14. The summed E-state index contributed by atoms with van der Waals surface area (Å²) in [6.07, 6.45) is 13.5. The predicted molar refractivity (Wildman–Crippen MR) is 117 cm³/mol. The Morgan fingerprint density at radius 1 is 1.24 bits per heavy atom.